The molecule has 0 aliphatic carbocycles. The molecular formula is C40H24N2O. The van der Waals surface area contributed by atoms with Crippen molar-refractivity contribution in [3.8, 4) is 11.4 Å². The molecule has 0 saturated carbocycles. The summed E-state index contributed by atoms with van der Waals surface area (Å²) in [7, 11) is 0. The van der Waals surface area contributed by atoms with Crippen LogP contribution in [0.15, 0.2) is 150 Å². The highest BCUT2D eigenvalue weighted by Gasteiger charge is 2.25. The van der Waals surface area contributed by atoms with Crippen LogP contribution in [0.1, 0.15) is 0 Å². The molecule has 3 heterocycles. The molecule has 7 aromatic carbocycles. The van der Waals surface area contributed by atoms with Crippen molar-refractivity contribution in [2.45, 2.75) is 0 Å². The number of nitrogens with zero attached hydrogens (tertiary/aromatic N) is 2. The van der Waals surface area contributed by atoms with Crippen molar-refractivity contribution < 1.29 is 4.42 Å². The van der Waals surface area contributed by atoms with Crippen LogP contribution in [0.5, 0.6) is 0 Å². The minimum atomic E-state index is 0.870. The molecule has 3 heteroatoms. The van der Waals surface area contributed by atoms with Crippen molar-refractivity contribution in [3.63, 3.8) is 0 Å². The third kappa shape index (κ3) is 2.93. The van der Waals surface area contributed by atoms with Crippen LogP contribution >= 0.6 is 0 Å². The third-order valence-corrected chi connectivity index (χ3v) is 9.08. The third-order valence-electron chi connectivity index (χ3n) is 9.08. The lowest BCUT2D eigenvalue weighted by Crippen LogP contribution is -1.95. The zero-order valence-electron chi connectivity index (χ0n) is 23.2. The van der Waals surface area contributed by atoms with Crippen LogP contribution in [0, 0.1) is 0 Å². The molecule has 10 rings (SSSR count). The summed E-state index contributed by atoms with van der Waals surface area (Å²) in [6.45, 7) is 0. The van der Waals surface area contributed by atoms with E-state index in [4.69, 9.17) is 4.42 Å². The number of benzene rings is 7. The van der Waals surface area contributed by atoms with Gasteiger partial charge in [0, 0.05) is 38.3 Å². The smallest absolute Gasteiger partial charge is 0.213 e. The molecule has 0 spiro atoms. The molecule has 0 aliphatic rings. The molecule has 200 valence electrons. The molecule has 0 bridgehead atoms. The van der Waals surface area contributed by atoms with Crippen molar-refractivity contribution in [2.24, 2.45) is 0 Å². The second-order valence-corrected chi connectivity index (χ2v) is 11.3. The van der Waals surface area contributed by atoms with Crippen LogP contribution in [0.4, 0.5) is 0 Å². The molecule has 0 unspecified atom stereocenters. The average Bonchev–Trinajstić information content (AvgIpc) is 3.73. The molecule has 0 atom stereocenters. The van der Waals surface area contributed by atoms with Crippen LogP contribution in [0.3, 0.4) is 0 Å². The lowest BCUT2D eigenvalue weighted by atomic mass is 9.96. The van der Waals surface area contributed by atoms with Gasteiger partial charge in [0.05, 0.1) is 21.9 Å². The topological polar surface area (TPSA) is 23.0 Å². The van der Waals surface area contributed by atoms with Gasteiger partial charge in [-0.3, -0.25) is 4.57 Å². The van der Waals surface area contributed by atoms with E-state index >= 15 is 0 Å². The lowest BCUT2D eigenvalue weighted by Gasteiger charge is -2.12. The van der Waals surface area contributed by atoms with E-state index in [2.05, 4.69) is 155 Å². The minimum Gasteiger partial charge on any atom is -0.437 e. The van der Waals surface area contributed by atoms with E-state index in [0.29, 0.717) is 0 Å². The summed E-state index contributed by atoms with van der Waals surface area (Å²) in [6.07, 6.45) is 0. The average molecular weight is 549 g/mol. The zero-order chi connectivity index (χ0) is 28.1. The summed E-state index contributed by atoms with van der Waals surface area (Å²) < 4.78 is 11.8. The highest BCUT2D eigenvalue weighted by Crippen LogP contribution is 2.47. The van der Waals surface area contributed by atoms with Gasteiger partial charge in [0.25, 0.3) is 0 Å². The monoisotopic (exact) mass is 548 g/mol. The summed E-state index contributed by atoms with van der Waals surface area (Å²) in [5.41, 5.74) is 7.43. The number of fused-ring (bicyclic) bond motifs is 14. The van der Waals surface area contributed by atoms with Gasteiger partial charge in [-0.1, -0.05) is 109 Å². The quantitative estimate of drug-likeness (QED) is 0.197. The predicted octanol–water partition coefficient (Wildman–Crippen LogP) is 10.9. The van der Waals surface area contributed by atoms with Gasteiger partial charge in [0.15, 0.2) is 5.58 Å². The molecule has 0 saturated heterocycles. The van der Waals surface area contributed by atoms with Gasteiger partial charge < -0.3 is 8.98 Å². The van der Waals surface area contributed by atoms with Gasteiger partial charge in [-0.05, 0) is 52.6 Å². The number of furan rings is 1. The van der Waals surface area contributed by atoms with E-state index in [-0.39, 0.29) is 0 Å². The van der Waals surface area contributed by atoms with Crippen LogP contribution in [0.2, 0.25) is 0 Å². The Balaban J connectivity index is 1.50. The Morgan fingerprint density at radius 3 is 1.60 bits per heavy atom. The van der Waals surface area contributed by atoms with E-state index in [9.17, 15) is 0 Å². The van der Waals surface area contributed by atoms with Crippen molar-refractivity contribution in [2.75, 3.05) is 0 Å². The van der Waals surface area contributed by atoms with Gasteiger partial charge in [-0.25, -0.2) is 0 Å². The molecule has 3 nitrogen and oxygen atoms in total. The molecule has 0 aliphatic heterocycles. The normalized spacial score (nSPS) is 12.2. The SMILES string of the molecule is c1ccc(-n2c3ccccc3c3c4ccc5c6c7ccccc7c7ccccc7c6n(-c6ccccc6)c5c4oc32)cc1. The second-order valence-electron chi connectivity index (χ2n) is 11.3. The Morgan fingerprint density at radius 2 is 0.884 bits per heavy atom. The fourth-order valence-electron chi connectivity index (χ4n) is 7.37. The van der Waals surface area contributed by atoms with Gasteiger partial charge in [0.1, 0.15) is 0 Å². The molecule has 3 aromatic heterocycles. The maximum atomic E-state index is 7.09. The van der Waals surface area contributed by atoms with Crippen molar-refractivity contribution in [1.29, 1.82) is 0 Å². The van der Waals surface area contributed by atoms with E-state index in [0.717, 1.165) is 44.5 Å². The van der Waals surface area contributed by atoms with E-state index < -0.39 is 0 Å². The van der Waals surface area contributed by atoms with E-state index in [1.54, 1.807) is 0 Å². The van der Waals surface area contributed by atoms with Gasteiger partial charge in [0.2, 0.25) is 5.71 Å². The Kier molecular flexibility index (Phi) is 4.45. The number of rotatable bonds is 2. The summed E-state index contributed by atoms with van der Waals surface area (Å²) in [5, 5.41) is 10.9. The molecule has 0 fully saturated rings. The standard InChI is InChI=1S/C40H24N2O/c1-3-13-25(14-4-1)41-34-22-12-11-21-31(34)36-33-24-23-32-35-29-19-9-7-17-27(29)28-18-8-10-20-30(28)37(35)42(26-15-5-2-6-16-26)38(32)39(33)43-40(36)41/h1-24H. The Labute approximate surface area is 246 Å². The summed E-state index contributed by atoms with van der Waals surface area (Å²) in [4.78, 5) is 0. The molecular weight excluding hydrogens is 524 g/mol. The highest BCUT2D eigenvalue weighted by molar-refractivity contribution is 6.35. The van der Waals surface area contributed by atoms with Crippen molar-refractivity contribution >= 4 is 76.3 Å². The first-order chi connectivity index (χ1) is 21.4. The number of hydrogen-bond donors (Lipinski definition) is 0. The maximum absolute atomic E-state index is 7.09. The predicted molar refractivity (Wildman–Crippen MR) is 180 cm³/mol. The van der Waals surface area contributed by atoms with Crippen LogP contribution in [0.25, 0.3) is 87.7 Å². The van der Waals surface area contributed by atoms with Crippen LogP contribution in [-0.4, -0.2) is 9.13 Å². The van der Waals surface area contributed by atoms with Crippen molar-refractivity contribution in [1.82, 2.24) is 9.13 Å². The fraction of sp³-hybridized carbons (Fsp3) is 0. The van der Waals surface area contributed by atoms with Gasteiger partial charge in [-0.2, -0.15) is 0 Å². The fourth-order valence-corrected chi connectivity index (χ4v) is 7.37. The Hall–Kier alpha value is -5.80. The minimum absolute atomic E-state index is 0.870. The molecule has 0 N–H and O–H groups in total. The largest absolute Gasteiger partial charge is 0.437 e. The van der Waals surface area contributed by atoms with Gasteiger partial charge >= 0.3 is 0 Å². The highest BCUT2D eigenvalue weighted by atomic mass is 16.3. The lowest BCUT2D eigenvalue weighted by molar-refractivity contribution is 0.647. The number of para-hydroxylation sites is 3. The van der Waals surface area contributed by atoms with Crippen LogP contribution in [-0.2, 0) is 0 Å². The summed E-state index contributed by atoms with van der Waals surface area (Å²) in [5.74, 6) is 0. The zero-order valence-corrected chi connectivity index (χ0v) is 23.2. The number of aromatic nitrogens is 2. The Bertz CT molecular complexity index is 2710. The van der Waals surface area contributed by atoms with Crippen molar-refractivity contribution in [3.05, 3.63) is 146 Å². The summed E-state index contributed by atoms with van der Waals surface area (Å²) in [6, 6.07) is 52.0. The first-order valence-electron chi connectivity index (χ1n) is 14.7. The van der Waals surface area contributed by atoms with E-state index in [1.165, 1.54) is 43.2 Å². The molecule has 43 heavy (non-hydrogen) atoms. The second kappa shape index (κ2) is 8.37. The first kappa shape index (κ1) is 22.8. The summed E-state index contributed by atoms with van der Waals surface area (Å²) >= 11 is 0. The molecule has 0 amide bonds. The van der Waals surface area contributed by atoms with Gasteiger partial charge in [-0.15, -0.1) is 0 Å². The Morgan fingerprint density at radius 1 is 0.349 bits per heavy atom. The van der Waals surface area contributed by atoms with Crippen LogP contribution < -0.4 is 0 Å². The maximum Gasteiger partial charge on any atom is 0.213 e. The first-order valence-corrected chi connectivity index (χ1v) is 14.7. The molecule has 0 radical (unpaired) electrons. The number of hydrogen-bond acceptors (Lipinski definition) is 1. The molecule has 10 aromatic rings. The van der Waals surface area contributed by atoms with E-state index in [1.807, 2.05) is 0 Å².